The molecular formula is C7H14N8O. The van der Waals surface area contributed by atoms with Gasteiger partial charge in [-0.05, 0) is 0 Å². The fourth-order valence-electron chi connectivity index (χ4n) is 0.472. The van der Waals surface area contributed by atoms with Crippen LogP contribution in [0.4, 0.5) is 4.79 Å². The van der Waals surface area contributed by atoms with Gasteiger partial charge in [0.1, 0.15) is 0 Å². The van der Waals surface area contributed by atoms with Crippen LogP contribution in [0.3, 0.4) is 0 Å². The third-order valence-electron chi connectivity index (χ3n) is 1.07. The van der Waals surface area contributed by atoms with E-state index < -0.39 is 6.03 Å². The van der Waals surface area contributed by atoms with Crippen LogP contribution in [0.25, 0.3) is 0 Å². The van der Waals surface area contributed by atoms with Crippen LogP contribution in [-0.2, 0) is 0 Å². The Morgan fingerprint density at radius 2 is 1.44 bits per heavy atom. The fraction of sp³-hybridized carbons (Fsp3) is 0. The van der Waals surface area contributed by atoms with Gasteiger partial charge < -0.3 is 9.97 Å². The first-order chi connectivity index (χ1) is 7.81. The maximum absolute atomic E-state index is 9.71. The van der Waals surface area contributed by atoms with Crippen molar-refractivity contribution in [1.82, 2.24) is 30.8 Å². The van der Waals surface area contributed by atoms with Gasteiger partial charge in [0.2, 0.25) is 0 Å². The standard InChI is InChI=1S/2C3H4N2.CH6N4O/c2*1-2-5-3-4-1;2-4-1(6)5-3/h2*1-3H,(H,4,5);2-3H2,(H2,4,5,6). The van der Waals surface area contributed by atoms with Gasteiger partial charge in [-0.15, -0.1) is 0 Å². The number of carbonyl (C=O) groups is 1. The molecule has 88 valence electrons. The Labute approximate surface area is 91.6 Å². The second-order valence-electron chi connectivity index (χ2n) is 2.14. The van der Waals surface area contributed by atoms with E-state index in [1.54, 1.807) is 48.3 Å². The molecule has 2 amide bonds. The largest absolute Gasteiger partial charge is 0.351 e. The van der Waals surface area contributed by atoms with E-state index in [4.69, 9.17) is 0 Å². The number of hydrogen-bond donors (Lipinski definition) is 6. The van der Waals surface area contributed by atoms with Crippen LogP contribution in [0.1, 0.15) is 0 Å². The number of imidazole rings is 2. The van der Waals surface area contributed by atoms with E-state index in [0.717, 1.165) is 0 Å². The number of amides is 2. The van der Waals surface area contributed by atoms with Crippen LogP contribution in [0.2, 0.25) is 0 Å². The molecule has 2 aromatic heterocycles. The summed E-state index contributed by atoms with van der Waals surface area (Å²) >= 11 is 0. The number of aromatic amines is 2. The molecule has 0 aliphatic carbocycles. The minimum absolute atomic E-state index is 0.602. The Bertz CT molecular complexity index is 251. The molecule has 0 bridgehead atoms. The number of nitrogens with two attached hydrogens (primary N) is 2. The van der Waals surface area contributed by atoms with Gasteiger partial charge in [-0.2, -0.15) is 0 Å². The Kier molecular flexibility index (Phi) is 9.09. The van der Waals surface area contributed by atoms with E-state index in [0.29, 0.717) is 0 Å². The quantitative estimate of drug-likeness (QED) is 0.190. The summed E-state index contributed by atoms with van der Waals surface area (Å²) in [6, 6.07) is -0.602. The van der Waals surface area contributed by atoms with Crippen molar-refractivity contribution in [1.29, 1.82) is 0 Å². The second kappa shape index (κ2) is 10.7. The zero-order chi connectivity index (χ0) is 12.1. The van der Waals surface area contributed by atoms with Gasteiger partial charge in [-0.25, -0.2) is 26.4 Å². The number of H-pyrrole nitrogens is 2. The van der Waals surface area contributed by atoms with E-state index in [9.17, 15) is 4.79 Å². The number of nitrogens with one attached hydrogen (secondary N) is 4. The van der Waals surface area contributed by atoms with Crippen molar-refractivity contribution < 1.29 is 4.79 Å². The number of urea groups is 1. The highest BCUT2D eigenvalue weighted by Crippen LogP contribution is 1.63. The monoisotopic (exact) mass is 226 g/mol. The molecule has 9 nitrogen and oxygen atoms in total. The minimum Gasteiger partial charge on any atom is -0.351 e. The van der Waals surface area contributed by atoms with Crippen molar-refractivity contribution in [3.05, 3.63) is 37.4 Å². The van der Waals surface area contributed by atoms with Gasteiger partial charge in [-0.3, -0.25) is 10.9 Å². The Hall–Kier alpha value is -2.39. The summed E-state index contributed by atoms with van der Waals surface area (Å²) < 4.78 is 0. The van der Waals surface area contributed by atoms with Crippen LogP contribution in [0.15, 0.2) is 37.4 Å². The predicted octanol–water partition coefficient (Wildman–Crippen LogP) is -1.15. The van der Waals surface area contributed by atoms with E-state index in [1.807, 2.05) is 0 Å². The molecule has 0 saturated carbocycles. The van der Waals surface area contributed by atoms with E-state index in [1.165, 1.54) is 0 Å². The lowest BCUT2D eigenvalue weighted by atomic mass is 11.0. The van der Waals surface area contributed by atoms with Crippen molar-refractivity contribution in [2.75, 3.05) is 0 Å². The van der Waals surface area contributed by atoms with Gasteiger partial charge in [0.25, 0.3) is 0 Å². The first-order valence-electron chi connectivity index (χ1n) is 4.14. The molecule has 0 spiro atoms. The second-order valence-corrected chi connectivity index (χ2v) is 2.14. The molecule has 0 atom stereocenters. The van der Waals surface area contributed by atoms with Crippen molar-refractivity contribution in [3.8, 4) is 0 Å². The minimum atomic E-state index is -0.602. The average molecular weight is 226 g/mol. The third kappa shape index (κ3) is 9.70. The van der Waals surface area contributed by atoms with Crippen LogP contribution >= 0.6 is 0 Å². The predicted molar refractivity (Wildman–Crippen MR) is 57.2 cm³/mol. The summed E-state index contributed by atoms with van der Waals surface area (Å²) in [6.07, 6.45) is 10.2. The van der Waals surface area contributed by atoms with Gasteiger partial charge in [0.05, 0.1) is 12.7 Å². The number of hydrazine groups is 2. The summed E-state index contributed by atoms with van der Waals surface area (Å²) in [6.45, 7) is 0. The maximum Gasteiger partial charge on any atom is 0.343 e. The molecule has 2 rings (SSSR count). The number of hydrogen-bond acceptors (Lipinski definition) is 5. The van der Waals surface area contributed by atoms with Gasteiger partial charge in [-0.1, -0.05) is 0 Å². The van der Waals surface area contributed by atoms with Crippen molar-refractivity contribution in [2.24, 2.45) is 11.7 Å². The summed E-state index contributed by atoms with van der Waals surface area (Å²) in [7, 11) is 0. The van der Waals surface area contributed by atoms with Crippen LogP contribution in [0.5, 0.6) is 0 Å². The molecule has 9 heteroatoms. The first kappa shape index (κ1) is 13.6. The molecular weight excluding hydrogens is 212 g/mol. The van der Waals surface area contributed by atoms with Crippen molar-refractivity contribution >= 4 is 6.03 Å². The number of carbonyl (C=O) groups excluding carboxylic acids is 1. The summed E-state index contributed by atoms with van der Waals surface area (Å²) in [5, 5.41) is 0. The fourth-order valence-corrected chi connectivity index (χ4v) is 0.472. The summed E-state index contributed by atoms with van der Waals surface area (Å²) in [5.74, 6) is 9.08. The lowest BCUT2D eigenvalue weighted by molar-refractivity contribution is 0.241. The van der Waals surface area contributed by atoms with Gasteiger partial charge in [0, 0.05) is 24.8 Å². The normalized spacial score (nSPS) is 7.62. The smallest absolute Gasteiger partial charge is 0.343 e. The van der Waals surface area contributed by atoms with Crippen LogP contribution in [-0.4, -0.2) is 26.0 Å². The Morgan fingerprint density at radius 1 is 1.00 bits per heavy atom. The summed E-state index contributed by atoms with van der Waals surface area (Å²) in [5.41, 5.74) is 3.48. The molecule has 0 aliphatic heterocycles. The lowest BCUT2D eigenvalue weighted by Crippen LogP contribution is -2.43. The SMILES string of the molecule is NNC(=O)NN.c1c[nH]cn1.c1c[nH]cn1. The Morgan fingerprint density at radius 3 is 1.50 bits per heavy atom. The van der Waals surface area contributed by atoms with E-state index >= 15 is 0 Å². The maximum atomic E-state index is 9.71. The van der Waals surface area contributed by atoms with Gasteiger partial charge >= 0.3 is 6.03 Å². The molecule has 0 aliphatic rings. The highest BCUT2D eigenvalue weighted by Gasteiger charge is 1.83. The molecule has 16 heavy (non-hydrogen) atoms. The highest BCUT2D eigenvalue weighted by molar-refractivity contribution is 5.72. The van der Waals surface area contributed by atoms with Gasteiger partial charge in [0.15, 0.2) is 0 Å². The highest BCUT2D eigenvalue weighted by atomic mass is 16.2. The molecule has 0 unspecified atom stereocenters. The number of rotatable bonds is 0. The lowest BCUT2D eigenvalue weighted by Gasteiger charge is -1.90. The topological polar surface area (TPSA) is 151 Å². The third-order valence-corrected chi connectivity index (χ3v) is 1.07. The Balaban J connectivity index is 0.000000211. The number of nitrogens with zero attached hydrogens (tertiary/aromatic N) is 2. The average Bonchev–Trinajstić information content (AvgIpc) is 3.03. The van der Waals surface area contributed by atoms with Crippen LogP contribution in [0, 0.1) is 0 Å². The number of aromatic nitrogens is 4. The van der Waals surface area contributed by atoms with Crippen molar-refractivity contribution in [2.45, 2.75) is 0 Å². The zero-order valence-corrected chi connectivity index (χ0v) is 8.42. The molecule has 0 aromatic carbocycles. The zero-order valence-electron chi connectivity index (χ0n) is 8.42. The molecule has 0 radical (unpaired) electrons. The molecule has 2 heterocycles. The summed E-state index contributed by atoms with van der Waals surface area (Å²) in [4.78, 5) is 22.5. The molecule has 8 N–H and O–H groups in total. The van der Waals surface area contributed by atoms with Crippen LogP contribution < -0.4 is 22.5 Å². The molecule has 0 fully saturated rings. The first-order valence-corrected chi connectivity index (χ1v) is 4.14. The van der Waals surface area contributed by atoms with E-state index in [-0.39, 0.29) is 0 Å². The molecule has 0 saturated heterocycles. The van der Waals surface area contributed by atoms with E-state index in [2.05, 4.69) is 31.6 Å². The molecule has 2 aromatic rings. The van der Waals surface area contributed by atoms with Crippen molar-refractivity contribution in [3.63, 3.8) is 0 Å².